The van der Waals surface area contributed by atoms with Gasteiger partial charge in [0, 0.05) is 49.1 Å². The van der Waals surface area contributed by atoms with Crippen LogP contribution in [0.5, 0.6) is 0 Å². The molecule has 8 aromatic rings. The molecule has 9 rings (SSSR count). The van der Waals surface area contributed by atoms with Gasteiger partial charge in [-0.3, -0.25) is 0 Å². The smallest absolute Gasteiger partial charge is 0.206 e. The first-order valence-corrected chi connectivity index (χ1v) is 16.0. The number of thiophene rings is 1. The van der Waals surface area contributed by atoms with Gasteiger partial charge in [0.1, 0.15) is 5.84 Å². The SMILES string of the molecule is CN1C(c2ccccc2)=NC(c2cccc(-c3ccccc3)c2)=NC1n1c2ccccc2c2c3sc4ccccc4c3ccc21. The number of aliphatic imine (C=N–C) groups is 2. The normalized spacial score (nSPS) is 15.2. The van der Waals surface area contributed by atoms with Crippen LogP contribution in [0.1, 0.15) is 17.4 Å². The predicted molar refractivity (Wildman–Crippen MR) is 191 cm³/mol. The predicted octanol–water partition coefficient (Wildman–Crippen LogP) is 10.1. The van der Waals surface area contributed by atoms with Crippen LogP contribution in [0.3, 0.4) is 0 Å². The summed E-state index contributed by atoms with van der Waals surface area (Å²) in [5, 5.41) is 5.13. The van der Waals surface area contributed by atoms with Gasteiger partial charge in [0.05, 0.1) is 11.0 Å². The van der Waals surface area contributed by atoms with E-state index >= 15 is 0 Å². The van der Waals surface area contributed by atoms with Crippen LogP contribution in [0.4, 0.5) is 0 Å². The summed E-state index contributed by atoms with van der Waals surface area (Å²) in [6.45, 7) is 0. The highest BCUT2D eigenvalue weighted by molar-refractivity contribution is 7.26. The second-order valence-corrected chi connectivity index (χ2v) is 12.5. The lowest BCUT2D eigenvalue weighted by Crippen LogP contribution is -2.38. The zero-order valence-electron chi connectivity index (χ0n) is 24.6. The number of nitrogens with zero attached hydrogens (tertiary/aromatic N) is 4. The molecular weight excluding hydrogens is 569 g/mol. The molecule has 0 amide bonds. The summed E-state index contributed by atoms with van der Waals surface area (Å²) in [7, 11) is 2.11. The minimum Gasteiger partial charge on any atom is -0.320 e. The topological polar surface area (TPSA) is 32.9 Å². The van der Waals surface area contributed by atoms with Crippen LogP contribution in [-0.2, 0) is 0 Å². The first kappa shape index (κ1) is 25.9. The molecule has 0 aliphatic carbocycles. The van der Waals surface area contributed by atoms with Crippen LogP contribution < -0.4 is 0 Å². The molecule has 1 aliphatic rings. The van der Waals surface area contributed by atoms with Crippen molar-refractivity contribution in [1.29, 1.82) is 0 Å². The molecule has 0 saturated carbocycles. The first-order valence-electron chi connectivity index (χ1n) is 15.2. The van der Waals surface area contributed by atoms with Crippen molar-refractivity contribution in [1.82, 2.24) is 9.47 Å². The lowest BCUT2D eigenvalue weighted by molar-refractivity contribution is 0.297. The van der Waals surface area contributed by atoms with Crippen LogP contribution in [-0.4, -0.2) is 28.2 Å². The second kappa shape index (κ2) is 10.3. The summed E-state index contributed by atoms with van der Waals surface area (Å²) in [6.07, 6.45) is -0.345. The van der Waals surface area contributed by atoms with Crippen molar-refractivity contribution in [3.63, 3.8) is 0 Å². The minimum atomic E-state index is -0.345. The molecule has 0 saturated heterocycles. The fourth-order valence-electron chi connectivity index (χ4n) is 6.72. The Balaban J connectivity index is 1.30. The highest BCUT2D eigenvalue weighted by Gasteiger charge is 2.30. The first-order chi connectivity index (χ1) is 22.2. The number of hydrogen-bond acceptors (Lipinski definition) is 4. The lowest BCUT2D eigenvalue weighted by atomic mass is 10.0. The zero-order valence-corrected chi connectivity index (χ0v) is 25.4. The third kappa shape index (κ3) is 4.12. The van der Waals surface area contributed by atoms with Crippen LogP contribution in [0, 0.1) is 0 Å². The fourth-order valence-corrected chi connectivity index (χ4v) is 7.98. The molecule has 6 aromatic carbocycles. The van der Waals surface area contributed by atoms with E-state index in [4.69, 9.17) is 9.98 Å². The molecule has 45 heavy (non-hydrogen) atoms. The van der Waals surface area contributed by atoms with Crippen molar-refractivity contribution < 1.29 is 0 Å². The van der Waals surface area contributed by atoms with Gasteiger partial charge in [-0.1, -0.05) is 121 Å². The third-order valence-electron chi connectivity index (χ3n) is 8.84. The van der Waals surface area contributed by atoms with Crippen LogP contribution in [0.2, 0.25) is 0 Å². The summed E-state index contributed by atoms with van der Waals surface area (Å²) in [6, 6.07) is 51.5. The van der Waals surface area contributed by atoms with Gasteiger partial charge in [-0.05, 0) is 35.4 Å². The Labute approximate surface area is 264 Å². The van der Waals surface area contributed by atoms with E-state index in [1.54, 1.807) is 0 Å². The van der Waals surface area contributed by atoms with E-state index in [1.807, 2.05) is 23.5 Å². The molecule has 0 bridgehead atoms. The van der Waals surface area contributed by atoms with E-state index in [0.717, 1.165) is 33.9 Å². The van der Waals surface area contributed by atoms with Gasteiger partial charge in [-0.25, -0.2) is 9.98 Å². The fraction of sp³-hybridized carbons (Fsp3) is 0.0500. The Bertz CT molecular complexity index is 2450. The molecule has 2 aromatic heterocycles. The molecule has 5 heteroatoms. The number of fused-ring (bicyclic) bond motifs is 7. The van der Waals surface area contributed by atoms with Gasteiger partial charge < -0.3 is 9.47 Å². The quantitative estimate of drug-likeness (QED) is 0.199. The van der Waals surface area contributed by atoms with Gasteiger partial charge in [-0.2, -0.15) is 0 Å². The highest BCUT2D eigenvalue weighted by atomic mass is 32.1. The van der Waals surface area contributed by atoms with E-state index in [0.29, 0.717) is 0 Å². The number of para-hydroxylation sites is 1. The van der Waals surface area contributed by atoms with Crippen molar-refractivity contribution in [3.8, 4) is 11.1 Å². The Hall–Kier alpha value is -5.52. The summed E-state index contributed by atoms with van der Waals surface area (Å²) < 4.78 is 5.02. The summed E-state index contributed by atoms with van der Waals surface area (Å²) in [4.78, 5) is 12.9. The molecule has 4 nitrogen and oxygen atoms in total. The molecule has 1 aliphatic heterocycles. The Kier molecular flexibility index (Phi) is 5.93. The van der Waals surface area contributed by atoms with Crippen LogP contribution >= 0.6 is 11.3 Å². The number of amidine groups is 2. The van der Waals surface area contributed by atoms with Gasteiger partial charge in [0.25, 0.3) is 0 Å². The molecule has 0 N–H and O–H groups in total. The summed E-state index contributed by atoms with van der Waals surface area (Å²) in [5.74, 6) is 1.62. The number of benzene rings is 6. The summed E-state index contributed by atoms with van der Waals surface area (Å²) >= 11 is 1.87. The van der Waals surface area contributed by atoms with Crippen molar-refractivity contribution in [2.24, 2.45) is 9.98 Å². The zero-order chi connectivity index (χ0) is 29.9. The molecule has 3 heterocycles. The van der Waals surface area contributed by atoms with Gasteiger partial charge in [0.15, 0.2) is 5.84 Å². The van der Waals surface area contributed by atoms with Crippen molar-refractivity contribution in [2.45, 2.75) is 6.29 Å². The average Bonchev–Trinajstić information content (AvgIpc) is 3.65. The van der Waals surface area contributed by atoms with E-state index in [1.165, 1.54) is 42.0 Å². The maximum atomic E-state index is 5.43. The lowest BCUT2D eigenvalue weighted by Gasteiger charge is -2.34. The number of hydrogen-bond donors (Lipinski definition) is 0. The maximum Gasteiger partial charge on any atom is 0.206 e. The molecule has 0 spiro atoms. The molecule has 214 valence electrons. The molecular formula is C40H28N4S. The van der Waals surface area contributed by atoms with Gasteiger partial charge in [0.2, 0.25) is 6.29 Å². The molecule has 0 radical (unpaired) electrons. The number of rotatable bonds is 4. The molecule has 1 unspecified atom stereocenters. The van der Waals surface area contributed by atoms with E-state index < -0.39 is 0 Å². The summed E-state index contributed by atoms with van der Waals surface area (Å²) in [5.41, 5.74) is 6.70. The molecule has 1 atom stereocenters. The largest absolute Gasteiger partial charge is 0.320 e. The van der Waals surface area contributed by atoms with E-state index in [9.17, 15) is 0 Å². The average molecular weight is 597 g/mol. The third-order valence-corrected chi connectivity index (χ3v) is 10.0. The minimum absolute atomic E-state index is 0.345. The Morgan fingerprint density at radius 2 is 1.22 bits per heavy atom. The van der Waals surface area contributed by atoms with Crippen LogP contribution in [0.15, 0.2) is 156 Å². The standard InChI is InChI=1S/C40H28N4S/c1-43-39(27-15-6-3-7-16-27)41-38(29-18-12-17-28(25-29)26-13-4-2-5-14-26)42-40(43)44-33-21-10-8-20-32(33)36-34(44)24-23-31-30-19-9-11-22-35(30)45-37(31)36/h2-25,40H,1H3. The Morgan fingerprint density at radius 3 is 2.04 bits per heavy atom. The van der Waals surface area contributed by atoms with Crippen LogP contribution in [0.25, 0.3) is 53.1 Å². The van der Waals surface area contributed by atoms with Crippen molar-refractivity contribution >= 4 is 65.0 Å². The Morgan fingerprint density at radius 1 is 0.556 bits per heavy atom. The monoisotopic (exact) mass is 596 g/mol. The van der Waals surface area contributed by atoms with Gasteiger partial charge in [-0.15, -0.1) is 11.3 Å². The maximum absolute atomic E-state index is 5.43. The van der Waals surface area contributed by atoms with Crippen molar-refractivity contribution in [3.05, 3.63) is 157 Å². The highest BCUT2D eigenvalue weighted by Crippen LogP contribution is 2.44. The second-order valence-electron chi connectivity index (χ2n) is 11.5. The van der Waals surface area contributed by atoms with E-state index in [2.05, 4.69) is 150 Å². The van der Waals surface area contributed by atoms with Crippen molar-refractivity contribution in [2.75, 3.05) is 7.05 Å². The number of aromatic nitrogens is 1. The van der Waals surface area contributed by atoms with E-state index in [-0.39, 0.29) is 6.29 Å². The van der Waals surface area contributed by atoms with Gasteiger partial charge >= 0.3 is 0 Å². The molecule has 0 fully saturated rings.